The molecule has 1 heterocycles. The molecule has 60 valence electrons. The minimum Gasteiger partial charge on any atom is -0.381 e. The Bertz CT molecular complexity index is 77.6. The summed E-state index contributed by atoms with van der Waals surface area (Å²) in [6, 6.07) is 0.669. The molecular formula is C7H16N2O. The van der Waals surface area contributed by atoms with Crippen molar-refractivity contribution in [1.82, 2.24) is 10.2 Å². The van der Waals surface area contributed by atoms with E-state index in [-0.39, 0.29) is 6.73 Å². The third-order valence-corrected chi connectivity index (χ3v) is 2.20. The van der Waals surface area contributed by atoms with Crippen molar-refractivity contribution in [3.63, 3.8) is 0 Å². The molecule has 0 unspecified atom stereocenters. The summed E-state index contributed by atoms with van der Waals surface area (Å²) in [6.45, 7) is 2.28. The third kappa shape index (κ3) is 1.94. The number of piperidine rings is 1. The van der Waals surface area contributed by atoms with Crippen molar-refractivity contribution in [2.24, 2.45) is 0 Å². The second-order valence-electron chi connectivity index (χ2n) is 2.82. The van der Waals surface area contributed by atoms with Crippen molar-refractivity contribution < 1.29 is 5.11 Å². The number of rotatable bonds is 2. The van der Waals surface area contributed by atoms with Crippen molar-refractivity contribution in [3.05, 3.63) is 0 Å². The van der Waals surface area contributed by atoms with Crippen molar-refractivity contribution >= 4 is 0 Å². The zero-order valence-corrected chi connectivity index (χ0v) is 6.51. The van der Waals surface area contributed by atoms with Crippen LogP contribution in [-0.4, -0.2) is 42.9 Å². The molecule has 0 spiro atoms. The Labute approximate surface area is 62.0 Å². The number of likely N-dealkylation sites (tertiary alicyclic amines) is 1. The topological polar surface area (TPSA) is 35.5 Å². The molecule has 0 bridgehead atoms. The Balaban J connectivity index is 2.17. The number of nitrogens with one attached hydrogen (secondary N) is 1. The van der Waals surface area contributed by atoms with Crippen LogP contribution in [0.4, 0.5) is 0 Å². The van der Waals surface area contributed by atoms with Crippen LogP contribution in [0.25, 0.3) is 0 Å². The normalized spacial score (nSPS) is 23.4. The lowest BCUT2D eigenvalue weighted by molar-refractivity contribution is 0.0808. The first kappa shape index (κ1) is 7.98. The summed E-state index contributed by atoms with van der Waals surface area (Å²) in [7, 11) is 2.00. The summed E-state index contributed by atoms with van der Waals surface area (Å²) >= 11 is 0. The maximum atomic E-state index is 8.76. The van der Waals surface area contributed by atoms with Crippen molar-refractivity contribution in [2.45, 2.75) is 18.9 Å². The van der Waals surface area contributed by atoms with E-state index in [0.29, 0.717) is 6.04 Å². The van der Waals surface area contributed by atoms with Gasteiger partial charge in [-0.2, -0.15) is 0 Å². The van der Waals surface area contributed by atoms with Gasteiger partial charge in [-0.05, 0) is 19.9 Å². The SMILES string of the molecule is CNC1CCN(CO)CC1. The molecule has 1 saturated heterocycles. The number of aliphatic hydroxyl groups excluding tert-OH is 1. The largest absolute Gasteiger partial charge is 0.381 e. The fraction of sp³-hybridized carbons (Fsp3) is 1.00. The quantitative estimate of drug-likeness (QED) is 0.554. The van der Waals surface area contributed by atoms with Gasteiger partial charge >= 0.3 is 0 Å². The van der Waals surface area contributed by atoms with E-state index >= 15 is 0 Å². The molecule has 0 saturated carbocycles. The van der Waals surface area contributed by atoms with Gasteiger partial charge in [0, 0.05) is 19.1 Å². The van der Waals surface area contributed by atoms with Gasteiger partial charge in [-0.1, -0.05) is 0 Å². The minimum absolute atomic E-state index is 0.219. The molecule has 1 aliphatic rings. The molecule has 3 heteroatoms. The van der Waals surface area contributed by atoms with Crippen LogP contribution in [0, 0.1) is 0 Å². The van der Waals surface area contributed by atoms with E-state index < -0.39 is 0 Å². The lowest BCUT2D eigenvalue weighted by Crippen LogP contribution is -2.41. The van der Waals surface area contributed by atoms with Gasteiger partial charge in [0.05, 0.1) is 6.73 Å². The number of hydrogen-bond acceptors (Lipinski definition) is 3. The Morgan fingerprint density at radius 1 is 1.50 bits per heavy atom. The maximum absolute atomic E-state index is 8.76. The first-order chi connectivity index (χ1) is 4.86. The molecule has 0 aromatic heterocycles. The van der Waals surface area contributed by atoms with E-state index in [4.69, 9.17) is 5.11 Å². The molecule has 0 aromatic rings. The van der Waals surface area contributed by atoms with Crippen LogP contribution < -0.4 is 5.32 Å². The lowest BCUT2D eigenvalue weighted by atomic mass is 10.1. The van der Waals surface area contributed by atoms with Gasteiger partial charge in [-0.3, -0.25) is 4.90 Å². The van der Waals surface area contributed by atoms with Crippen LogP contribution in [0.5, 0.6) is 0 Å². The maximum Gasteiger partial charge on any atom is 0.0956 e. The summed E-state index contributed by atoms with van der Waals surface area (Å²) in [4.78, 5) is 2.06. The standard InChI is InChI=1S/C7H16N2O/c1-8-7-2-4-9(6-10)5-3-7/h7-8,10H,2-6H2,1H3. The molecule has 1 aliphatic heterocycles. The molecule has 3 nitrogen and oxygen atoms in total. The van der Waals surface area contributed by atoms with Gasteiger partial charge in [0.1, 0.15) is 0 Å². The summed E-state index contributed by atoms with van der Waals surface area (Å²) < 4.78 is 0. The predicted octanol–water partition coefficient (Wildman–Crippen LogP) is -0.380. The van der Waals surface area contributed by atoms with Crippen LogP contribution in [0.3, 0.4) is 0 Å². The predicted molar refractivity (Wildman–Crippen MR) is 40.7 cm³/mol. The molecule has 0 aromatic carbocycles. The molecule has 0 radical (unpaired) electrons. The van der Waals surface area contributed by atoms with Crippen molar-refractivity contribution in [3.8, 4) is 0 Å². The molecule has 0 atom stereocenters. The summed E-state index contributed by atoms with van der Waals surface area (Å²) in [5, 5.41) is 12.0. The molecule has 1 rings (SSSR count). The summed E-state index contributed by atoms with van der Waals surface area (Å²) in [6.07, 6.45) is 2.33. The Morgan fingerprint density at radius 3 is 2.50 bits per heavy atom. The van der Waals surface area contributed by atoms with E-state index in [1.165, 1.54) is 0 Å². The van der Waals surface area contributed by atoms with Crippen LogP contribution in [0.2, 0.25) is 0 Å². The summed E-state index contributed by atoms with van der Waals surface area (Å²) in [5.74, 6) is 0. The van der Waals surface area contributed by atoms with Crippen LogP contribution in [0.1, 0.15) is 12.8 Å². The van der Waals surface area contributed by atoms with Crippen molar-refractivity contribution in [1.29, 1.82) is 0 Å². The fourth-order valence-electron chi connectivity index (χ4n) is 1.36. The average Bonchev–Trinajstić information content (AvgIpc) is 2.05. The van der Waals surface area contributed by atoms with Crippen LogP contribution in [0.15, 0.2) is 0 Å². The Morgan fingerprint density at radius 2 is 2.10 bits per heavy atom. The molecule has 10 heavy (non-hydrogen) atoms. The smallest absolute Gasteiger partial charge is 0.0956 e. The Hall–Kier alpha value is -0.120. The summed E-state index contributed by atoms with van der Waals surface area (Å²) in [5.41, 5.74) is 0. The highest BCUT2D eigenvalue weighted by atomic mass is 16.3. The minimum atomic E-state index is 0.219. The van der Waals surface area contributed by atoms with Gasteiger partial charge in [-0.15, -0.1) is 0 Å². The van der Waals surface area contributed by atoms with Gasteiger partial charge in [0.25, 0.3) is 0 Å². The first-order valence-corrected chi connectivity index (χ1v) is 3.87. The van der Waals surface area contributed by atoms with Gasteiger partial charge in [-0.25, -0.2) is 0 Å². The van der Waals surface area contributed by atoms with Gasteiger partial charge in [0.15, 0.2) is 0 Å². The average molecular weight is 144 g/mol. The van der Waals surface area contributed by atoms with E-state index in [2.05, 4.69) is 10.2 Å². The Kier molecular flexibility index (Phi) is 3.12. The van der Waals surface area contributed by atoms with Gasteiger partial charge in [0.2, 0.25) is 0 Å². The number of hydrogen-bond donors (Lipinski definition) is 2. The highest BCUT2D eigenvalue weighted by Gasteiger charge is 2.15. The van der Waals surface area contributed by atoms with E-state index in [1.807, 2.05) is 7.05 Å². The second-order valence-corrected chi connectivity index (χ2v) is 2.82. The highest BCUT2D eigenvalue weighted by Crippen LogP contribution is 2.07. The number of nitrogens with zero attached hydrogens (tertiary/aromatic N) is 1. The molecule has 1 fully saturated rings. The zero-order chi connectivity index (χ0) is 7.40. The second kappa shape index (κ2) is 3.91. The fourth-order valence-corrected chi connectivity index (χ4v) is 1.36. The zero-order valence-electron chi connectivity index (χ0n) is 6.51. The van der Waals surface area contributed by atoms with Crippen LogP contribution >= 0.6 is 0 Å². The van der Waals surface area contributed by atoms with E-state index in [9.17, 15) is 0 Å². The first-order valence-electron chi connectivity index (χ1n) is 3.87. The molecule has 0 aliphatic carbocycles. The lowest BCUT2D eigenvalue weighted by Gasteiger charge is -2.29. The third-order valence-electron chi connectivity index (χ3n) is 2.20. The number of aliphatic hydroxyl groups is 1. The molecule has 0 amide bonds. The highest BCUT2D eigenvalue weighted by molar-refractivity contribution is 4.73. The van der Waals surface area contributed by atoms with Crippen molar-refractivity contribution in [2.75, 3.05) is 26.9 Å². The van der Waals surface area contributed by atoms with Crippen LogP contribution in [-0.2, 0) is 0 Å². The van der Waals surface area contributed by atoms with E-state index in [1.54, 1.807) is 0 Å². The van der Waals surface area contributed by atoms with E-state index in [0.717, 1.165) is 25.9 Å². The van der Waals surface area contributed by atoms with Gasteiger partial charge < -0.3 is 10.4 Å². The molecule has 2 N–H and O–H groups in total. The monoisotopic (exact) mass is 144 g/mol. The molecular weight excluding hydrogens is 128 g/mol.